The van der Waals surface area contributed by atoms with Crippen molar-refractivity contribution in [3.05, 3.63) is 11.8 Å². The van der Waals surface area contributed by atoms with Crippen LogP contribution in [0.15, 0.2) is 21.9 Å². The lowest BCUT2D eigenvalue weighted by molar-refractivity contribution is 1.14. The Morgan fingerprint density at radius 1 is 1.57 bits per heavy atom. The van der Waals surface area contributed by atoms with Gasteiger partial charge in [-0.3, -0.25) is 4.99 Å². The van der Waals surface area contributed by atoms with Crippen LogP contribution in [-0.4, -0.2) is 22.2 Å². The molecule has 6 heteroatoms. The second kappa shape index (κ2) is 7.64. The molecular weight excluding hydrogens is 264 g/mol. The fourth-order valence-electron chi connectivity index (χ4n) is 0.710. The number of hydrogen-bond acceptors (Lipinski definition) is 5. The smallest absolute Gasteiger partial charge is 0.0855 e. The summed E-state index contributed by atoms with van der Waals surface area (Å²) in [4.78, 5) is 4.03. The quantitative estimate of drug-likeness (QED) is 0.199. The van der Waals surface area contributed by atoms with Crippen molar-refractivity contribution in [3.63, 3.8) is 0 Å². The maximum Gasteiger partial charge on any atom is 0.0855 e. The molecule has 0 saturated carbocycles. The van der Waals surface area contributed by atoms with E-state index in [1.807, 2.05) is 6.92 Å². The van der Waals surface area contributed by atoms with Crippen molar-refractivity contribution in [2.45, 2.75) is 13.3 Å². The number of nitrogens with two attached hydrogens (primary N) is 2. The minimum Gasteiger partial charge on any atom is -0.404 e. The molecule has 0 aromatic rings. The molecule has 0 aromatic carbocycles. The molecule has 0 bridgehead atoms. The fourth-order valence-corrected chi connectivity index (χ4v) is 1.12. The Morgan fingerprint density at radius 2 is 2.21 bits per heavy atom. The van der Waals surface area contributed by atoms with Crippen molar-refractivity contribution < 1.29 is 0 Å². The average Bonchev–Trinajstić information content (AvgIpc) is 2.18. The normalized spacial score (nSPS) is 13.6. The van der Waals surface area contributed by atoms with Gasteiger partial charge >= 0.3 is 0 Å². The zero-order valence-electron chi connectivity index (χ0n) is 7.90. The second-order valence-corrected chi connectivity index (χ2v) is 4.12. The number of thiocarbonyl (C=S) groups is 1. The minimum absolute atomic E-state index is 0.487. The van der Waals surface area contributed by atoms with E-state index in [0.29, 0.717) is 22.5 Å². The summed E-state index contributed by atoms with van der Waals surface area (Å²) >= 11 is 8.09. The van der Waals surface area contributed by atoms with E-state index >= 15 is 0 Å². The number of rotatable bonds is 5. The molecule has 0 aliphatic carbocycles. The highest BCUT2D eigenvalue weighted by Gasteiger charge is 2.04. The molecule has 0 aliphatic rings. The van der Waals surface area contributed by atoms with Crippen molar-refractivity contribution >= 4 is 43.8 Å². The molecule has 0 rings (SSSR count). The predicted octanol–water partition coefficient (Wildman–Crippen LogP) is 1.35. The Morgan fingerprint density at radius 3 is 2.57 bits per heavy atom. The fraction of sp³-hybridized carbons (Fsp3) is 0.375. The van der Waals surface area contributed by atoms with Crippen molar-refractivity contribution in [2.75, 3.05) is 6.54 Å². The van der Waals surface area contributed by atoms with Crippen molar-refractivity contribution in [1.29, 1.82) is 0 Å². The molecule has 0 spiro atoms. The molecule has 14 heavy (non-hydrogen) atoms. The third-order valence-corrected chi connectivity index (χ3v) is 2.19. The van der Waals surface area contributed by atoms with Gasteiger partial charge in [0, 0.05) is 19.2 Å². The lowest BCUT2D eigenvalue weighted by atomic mass is 10.1. The van der Waals surface area contributed by atoms with Crippen LogP contribution in [0.3, 0.4) is 0 Å². The molecule has 78 valence electrons. The number of hydrogen-bond donors (Lipinski definition) is 2. The van der Waals surface area contributed by atoms with Crippen LogP contribution in [-0.2, 0) is 0 Å². The molecule has 4 N–H and O–H groups in total. The number of hydrazone groups is 1. The summed E-state index contributed by atoms with van der Waals surface area (Å²) in [5, 5.41) is 3.59. The second-order valence-electron chi connectivity index (χ2n) is 2.39. The molecule has 0 aromatic heterocycles. The third-order valence-electron chi connectivity index (χ3n) is 1.41. The summed E-state index contributed by atoms with van der Waals surface area (Å²) in [6.45, 7) is 2.62. The zero-order valence-corrected chi connectivity index (χ0v) is 10.3. The van der Waals surface area contributed by atoms with Crippen LogP contribution < -0.4 is 11.6 Å². The van der Waals surface area contributed by atoms with E-state index in [0.717, 1.165) is 5.57 Å². The van der Waals surface area contributed by atoms with E-state index in [-0.39, 0.29) is 0 Å². The lowest BCUT2D eigenvalue weighted by Crippen LogP contribution is -2.09. The maximum atomic E-state index is 5.39. The Hall–Kier alpha value is -0.750. The van der Waals surface area contributed by atoms with Gasteiger partial charge in [0.05, 0.1) is 9.49 Å². The average molecular weight is 277 g/mol. The SMILES string of the molecule is CCN=CC(CC(=CN)C(=S)Br)=NN. The van der Waals surface area contributed by atoms with Gasteiger partial charge in [-0.25, -0.2) is 0 Å². The number of nitrogens with zero attached hydrogens (tertiary/aromatic N) is 2. The van der Waals surface area contributed by atoms with Crippen molar-refractivity contribution in [3.8, 4) is 0 Å². The van der Waals surface area contributed by atoms with Crippen LogP contribution in [0.25, 0.3) is 0 Å². The van der Waals surface area contributed by atoms with Crippen LogP contribution in [0.1, 0.15) is 13.3 Å². The molecule has 0 aliphatic heterocycles. The monoisotopic (exact) mass is 276 g/mol. The van der Waals surface area contributed by atoms with Gasteiger partial charge in [0.15, 0.2) is 0 Å². The number of halogens is 1. The largest absolute Gasteiger partial charge is 0.404 e. The van der Waals surface area contributed by atoms with Gasteiger partial charge in [0.25, 0.3) is 0 Å². The predicted molar refractivity (Wildman–Crippen MR) is 69.1 cm³/mol. The molecule has 0 atom stereocenters. The van der Waals surface area contributed by atoms with Gasteiger partial charge in [0.1, 0.15) is 0 Å². The van der Waals surface area contributed by atoms with E-state index in [1.165, 1.54) is 6.20 Å². The van der Waals surface area contributed by atoms with Gasteiger partial charge in [-0.15, -0.1) is 0 Å². The summed E-state index contributed by atoms with van der Waals surface area (Å²) < 4.78 is 0.561. The van der Waals surface area contributed by atoms with Crippen LogP contribution in [0.2, 0.25) is 0 Å². The van der Waals surface area contributed by atoms with E-state index in [1.54, 1.807) is 6.21 Å². The minimum atomic E-state index is 0.487. The highest BCUT2D eigenvalue weighted by molar-refractivity contribution is 9.20. The van der Waals surface area contributed by atoms with Crippen LogP contribution in [0.4, 0.5) is 0 Å². The summed E-state index contributed by atoms with van der Waals surface area (Å²) in [6.07, 6.45) is 3.54. The van der Waals surface area contributed by atoms with Crippen LogP contribution in [0.5, 0.6) is 0 Å². The zero-order chi connectivity index (χ0) is 11.0. The molecule has 0 radical (unpaired) electrons. The first-order valence-corrected chi connectivity index (χ1v) is 5.23. The maximum absolute atomic E-state index is 5.39. The number of allylic oxidation sites excluding steroid dienone is 1. The summed E-state index contributed by atoms with van der Waals surface area (Å²) in [6, 6.07) is 0. The van der Waals surface area contributed by atoms with Crippen LogP contribution >= 0.6 is 28.1 Å². The first-order chi connectivity index (χ1) is 6.65. The Bertz CT molecular complexity index is 283. The molecule has 0 saturated heterocycles. The molecule has 0 heterocycles. The highest BCUT2D eigenvalue weighted by Crippen LogP contribution is 2.09. The molecule has 0 fully saturated rings. The Balaban J connectivity index is 4.47. The van der Waals surface area contributed by atoms with E-state index in [4.69, 9.17) is 23.8 Å². The van der Waals surface area contributed by atoms with Gasteiger partial charge in [-0.1, -0.05) is 12.2 Å². The lowest BCUT2D eigenvalue weighted by Gasteiger charge is -2.01. The molecule has 0 unspecified atom stereocenters. The highest BCUT2D eigenvalue weighted by atomic mass is 79.9. The van der Waals surface area contributed by atoms with Gasteiger partial charge in [-0.2, -0.15) is 5.10 Å². The first kappa shape index (κ1) is 13.2. The van der Waals surface area contributed by atoms with E-state index < -0.39 is 0 Å². The summed E-state index contributed by atoms with van der Waals surface area (Å²) in [7, 11) is 0. The van der Waals surface area contributed by atoms with Gasteiger partial charge < -0.3 is 11.6 Å². The Kier molecular flexibility index (Phi) is 7.23. The van der Waals surface area contributed by atoms with Gasteiger partial charge in [0.2, 0.25) is 0 Å². The van der Waals surface area contributed by atoms with E-state index in [2.05, 4.69) is 26.0 Å². The van der Waals surface area contributed by atoms with Gasteiger partial charge in [-0.05, 0) is 34.6 Å². The Labute approximate surface area is 97.3 Å². The first-order valence-electron chi connectivity index (χ1n) is 4.02. The molecule has 4 nitrogen and oxygen atoms in total. The topological polar surface area (TPSA) is 76.8 Å². The van der Waals surface area contributed by atoms with Crippen molar-refractivity contribution in [2.24, 2.45) is 21.7 Å². The van der Waals surface area contributed by atoms with Crippen molar-refractivity contribution in [1.82, 2.24) is 0 Å². The third kappa shape index (κ3) is 5.08. The van der Waals surface area contributed by atoms with Crippen LogP contribution in [0, 0.1) is 0 Å². The number of aliphatic imine (C=N–C) groups is 1. The molecular formula is C8H13BrN4S. The summed E-state index contributed by atoms with van der Waals surface area (Å²) in [5.41, 5.74) is 6.80. The summed E-state index contributed by atoms with van der Waals surface area (Å²) in [5.74, 6) is 5.19. The van der Waals surface area contributed by atoms with E-state index in [9.17, 15) is 0 Å². The molecule has 0 amide bonds. The standard InChI is InChI=1S/C8H13BrN4S/c1-2-12-5-7(13-11)3-6(4-10)8(9)14/h4-5H,2-3,10-11H2,1H3.